The van der Waals surface area contributed by atoms with Crippen LogP contribution >= 0.6 is 0 Å². The number of para-hydroxylation sites is 1. The summed E-state index contributed by atoms with van der Waals surface area (Å²) in [5.74, 6) is -0.492. The van der Waals surface area contributed by atoms with Crippen molar-refractivity contribution in [1.82, 2.24) is 4.90 Å². The Labute approximate surface area is 177 Å². The number of nitrogens with one attached hydrogen (secondary N) is 1. The number of anilines is 2. The van der Waals surface area contributed by atoms with Gasteiger partial charge in [0.2, 0.25) is 10.0 Å². The van der Waals surface area contributed by atoms with Gasteiger partial charge in [-0.15, -0.1) is 0 Å². The third kappa shape index (κ3) is 5.18. The Morgan fingerprint density at radius 2 is 1.63 bits per heavy atom. The van der Waals surface area contributed by atoms with Gasteiger partial charge >= 0.3 is 0 Å². The van der Waals surface area contributed by atoms with Crippen LogP contribution in [0, 0.1) is 0 Å². The van der Waals surface area contributed by atoms with Crippen LogP contribution in [0.25, 0.3) is 0 Å². The molecule has 0 atom stereocenters. The summed E-state index contributed by atoms with van der Waals surface area (Å²) in [7, 11) is -2.01. The first-order chi connectivity index (χ1) is 14.3. The molecule has 2 aromatic carbocycles. The first kappa shape index (κ1) is 21.8. The van der Waals surface area contributed by atoms with Crippen molar-refractivity contribution >= 4 is 33.2 Å². The summed E-state index contributed by atoms with van der Waals surface area (Å²) in [4.78, 5) is 27.7. The molecule has 0 bridgehead atoms. The summed E-state index contributed by atoms with van der Waals surface area (Å²) in [6, 6.07) is 13.3. The van der Waals surface area contributed by atoms with Crippen molar-refractivity contribution in [2.45, 2.75) is 25.7 Å². The van der Waals surface area contributed by atoms with Gasteiger partial charge in [-0.05, 0) is 43.2 Å². The highest BCUT2D eigenvalue weighted by atomic mass is 32.2. The number of hydrogen-bond donors (Lipinski definition) is 1. The van der Waals surface area contributed by atoms with Gasteiger partial charge < -0.3 is 10.2 Å². The molecule has 1 fully saturated rings. The van der Waals surface area contributed by atoms with E-state index < -0.39 is 15.9 Å². The van der Waals surface area contributed by atoms with Crippen LogP contribution in [0.4, 0.5) is 11.4 Å². The molecule has 1 N–H and O–H groups in total. The Hall–Kier alpha value is -2.87. The van der Waals surface area contributed by atoms with Crippen LogP contribution in [0.2, 0.25) is 0 Å². The highest BCUT2D eigenvalue weighted by molar-refractivity contribution is 7.92. The predicted octanol–water partition coefficient (Wildman–Crippen LogP) is 3.35. The lowest BCUT2D eigenvalue weighted by Gasteiger charge is -2.22. The third-order valence-electron chi connectivity index (χ3n) is 5.27. The van der Waals surface area contributed by atoms with E-state index in [1.54, 1.807) is 42.5 Å². The van der Waals surface area contributed by atoms with E-state index in [-0.39, 0.29) is 5.91 Å². The Morgan fingerprint density at radius 1 is 0.967 bits per heavy atom. The molecule has 2 aromatic rings. The van der Waals surface area contributed by atoms with E-state index in [1.165, 1.54) is 13.1 Å². The minimum absolute atomic E-state index is 0.0849. The number of hydrogen-bond acceptors (Lipinski definition) is 4. The van der Waals surface area contributed by atoms with Gasteiger partial charge in [0.25, 0.3) is 11.8 Å². The molecule has 0 aliphatic carbocycles. The molecule has 0 radical (unpaired) electrons. The van der Waals surface area contributed by atoms with Crippen LogP contribution in [-0.4, -0.2) is 51.5 Å². The third-order valence-corrected chi connectivity index (χ3v) is 6.47. The topological polar surface area (TPSA) is 86.8 Å². The van der Waals surface area contributed by atoms with Gasteiger partial charge in [0.1, 0.15) is 0 Å². The van der Waals surface area contributed by atoms with E-state index in [2.05, 4.69) is 5.32 Å². The molecular formula is C22H27N3O4S. The molecule has 1 heterocycles. The van der Waals surface area contributed by atoms with Gasteiger partial charge in [-0.3, -0.25) is 13.9 Å². The van der Waals surface area contributed by atoms with Gasteiger partial charge in [-0.1, -0.05) is 31.0 Å². The van der Waals surface area contributed by atoms with E-state index in [0.29, 0.717) is 22.5 Å². The van der Waals surface area contributed by atoms with Crippen LogP contribution in [0.3, 0.4) is 0 Å². The average Bonchev–Trinajstić information content (AvgIpc) is 3.02. The fourth-order valence-corrected chi connectivity index (χ4v) is 3.95. The Balaban J connectivity index is 1.82. The van der Waals surface area contributed by atoms with Crippen molar-refractivity contribution in [1.29, 1.82) is 0 Å². The van der Waals surface area contributed by atoms with E-state index in [1.807, 2.05) is 4.90 Å². The van der Waals surface area contributed by atoms with Crippen LogP contribution in [0.1, 0.15) is 46.4 Å². The summed E-state index contributed by atoms with van der Waals surface area (Å²) in [6.07, 6.45) is 5.33. The first-order valence-electron chi connectivity index (χ1n) is 10.0. The Morgan fingerprint density at radius 3 is 2.30 bits per heavy atom. The van der Waals surface area contributed by atoms with Crippen molar-refractivity contribution in [3.8, 4) is 0 Å². The fraction of sp³-hybridized carbons (Fsp3) is 0.364. The van der Waals surface area contributed by atoms with Crippen molar-refractivity contribution in [2.75, 3.05) is 36.0 Å². The molecular weight excluding hydrogens is 402 g/mol. The van der Waals surface area contributed by atoms with E-state index in [0.717, 1.165) is 49.3 Å². The Kier molecular flexibility index (Phi) is 6.77. The summed E-state index contributed by atoms with van der Waals surface area (Å²) in [5, 5.41) is 2.81. The van der Waals surface area contributed by atoms with Gasteiger partial charge in [-0.25, -0.2) is 8.42 Å². The highest BCUT2D eigenvalue weighted by Crippen LogP contribution is 2.22. The van der Waals surface area contributed by atoms with Crippen molar-refractivity contribution in [2.24, 2.45) is 0 Å². The van der Waals surface area contributed by atoms with Gasteiger partial charge in [0, 0.05) is 25.7 Å². The lowest BCUT2D eigenvalue weighted by atomic mass is 10.1. The molecule has 30 heavy (non-hydrogen) atoms. The lowest BCUT2D eigenvalue weighted by molar-refractivity contribution is 0.0762. The zero-order chi connectivity index (χ0) is 21.7. The molecule has 8 heteroatoms. The normalized spacial score (nSPS) is 14.7. The molecule has 1 aliphatic heterocycles. The first-order valence-corrected chi connectivity index (χ1v) is 11.9. The van der Waals surface area contributed by atoms with Crippen LogP contribution < -0.4 is 9.62 Å². The largest absolute Gasteiger partial charge is 0.339 e. The van der Waals surface area contributed by atoms with Gasteiger partial charge in [-0.2, -0.15) is 0 Å². The minimum atomic E-state index is -3.44. The van der Waals surface area contributed by atoms with E-state index in [9.17, 15) is 18.0 Å². The number of nitrogens with zero attached hydrogens (tertiary/aromatic N) is 2. The standard InChI is InChI=1S/C22H27N3O4S/c1-24(30(2,28)29)18-11-9-10-17(16-18)21(26)23-20-13-6-5-12-19(20)22(27)25-14-7-3-4-8-15-25/h5-6,9-13,16H,3-4,7-8,14-15H2,1-2H3,(H,23,26). The van der Waals surface area contributed by atoms with Crippen molar-refractivity contribution < 1.29 is 18.0 Å². The summed E-state index contributed by atoms with van der Waals surface area (Å²) in [6.45, 7) is 1.45. The number of likely N-dealkylation sites (tertiary alicyclic amines) is 1. The maximum atomic E-state index is 13.0. The SMILES string of the molecule is CN(c1cccc(C(=O)Nc2ccccc2C(=O)N2CCCCCC2)c1)S(C)(=O)=O. The zero-order valence-corrected chi connectivity index (χ0v) is 18.1. The van der Waals surface area contributed by atoms with Crippen LogP contribution in [0.15, 0.2) is 48.5 Å². The Bertz CT molecular complexity index is 1030. The smallest absolute Gasteiger partial charge is 0.255 e. The molecule has 0 saturated carbocycles. The van der Waals surface area contributed by atoms with E-state index >= 15 is 0 Å². The summed E-state index contributed by atoms with van der Waals surface area (Å²) in [5.41, 5.74) is 1.59. The number of sulfonamides is 1. The number of benzene rings is 2. The second-order valence-corrected chi connectivity index (χ2v) is 9.50. The van der Waals surface area contributed by atoms with Crippen LogP contribution in [0.5, 0.6) is 0 Å². The maximum Gasteiger partial charge on any atom is 0.255 e. The monoisotopic (exact) mass is 429 g/mol. The number of rotatable bonds is 5. The fourth-order valence-electron chi connectivity index (χ4n) is 3.45. The second-order valence-electron chi connectivity index (χ2n) is 7.49. The van der Waals surface area contributed by atoms with Crippen LogP contribution in [-0.2, 0) is 10.0 Å². The number of carbonyl (C=O) groups excluding carboxylic acids is 2. The quantitative estimate of drug-likeness (QED) is 0.790. The van der Waals surface area contributed by atoms with E-state index in [4.69, 9.17) is 0 Å². The predicted molar refractivity (Wildman–Crippen MR) is 118 cm³/mol. The molecule has 0 aromatic heterocycles. The lowest BCUT2D eigenvalue weighted by Crippen LogP contribution is -2.32. The summed E-state index contributed by atoms with van der Waals surface area (Å²) < 4.78 is 24.7. The zero-order valence-electron chi connectivity index (χ0n) is 17.3. The maximum absolute atomic E-state index is 13.0. The van der Waals surface area contributed by atoms with Gasteiger partial charge in [0.15, 0.2) is 0 Å². The molecule has 2 amide bonds. The highest BCUT2D eigenvalue weighted by Gasteiger charge is 2.21. The average molecular weight is 430 g/mol. The molecule has 0 spiro atoms. The number of amides is 2. The molecule has 3 rings (SSSR count). The molecule has 7 nitrogen and oxygen atoms in total. The van der Waals surface area contributed by atoms with Gasteiger partial charge in [0.05, 0.1) is 23.2 Å². The molecule has 1 saturated heterocycles. The molecule has 1 aliphatic rings. The summed E-state index contributed by atoms with van der Waals surface area (Å²) >= 11 is 0. The second kappa shape index (κ2) is 9.30. The van der Waals surface area contributed by atoms with Crippen molar-refractivity contribution in [3.05, 3.63) is 59.7 Å². The molecule has 160 valence electrons. The van der Waals surface area contributed by atoms with Crippen molar-refractivity contribution in [3.63, 3.8) is 0 Å². The minimum Gasteiger partial charge on any atom is -0.339 e. The number of carbonyl (C=O) groups is 2. The molecule has 0 unspecified atom stereocenters.